The maximum Gasteiger partial charge on any atom is 0.132 e. The Bertz CT molecular complexity index is 1170. The number of phenolic OH excluding ortho intramolecular Hbond substituents is 2. The molecule has 0 radical (unpaired) electrons. The van der Waals surface area contributed by atoms with Gasteiger partial charge in [-0.1, -0.05) is 24.3 Å². The van der Waals surface area contributed by atoms with Crippen LogP contribution < -0.4 is 0 Å². The van der Waals surface area contributed by atoms with Crippen LogP contribution >= 0.6 is 11.7 Å². The van der Waals surface area contributed by atoms with Gasteiger partial charge in [0.15, 0.2) is 0 Å². The van der Waals surface area contributed by atoms with Crippen LogP contribution in [0.4, 0.5) is 11.4 Å². The molecule has 27 heavy (non-hydrogen) atoms. The molecular weight excluding hydrogens is 360 g/mol. The first kappa shape index (κ1) is 16.9. The Morgan fingerprint density at radius 1 is 0.741 bits per heavy atom. The van der Waals surface area contributed by atoms with Crippen molar-refractivity contribution in [1.82, 2.24) is 8.75 Å². The van der Waals surface area contributed by atoms with Crippen LogP contribution in [-0.4, -0.2) is 31.4 Å². The molecule has 0 fully saturated rings. The zero-order chi connectivity index (χ0) is 18.6. The van der Waals surface area contributed by atoms with Gasteiger partial charge >= 0.3 is 0 Å². The van der Waals surface area contributed by atoms with Crippen LogP contribution in [0.5, 0.6) is 11.5 Å². The summed E-state index contributed by atoms with van der Waals surface area (Å²) in [6.45, 7) is 0. The zero-order valence-electron chi connectivity index (χ0n) is 14.0. The summed E-state index contributed by atoms with van der Waals surface area (Å²) in [6.07, 6.45) is 3.15. The molecule has 4 rings (SSSR count). The van der Waals surface area contributed by atoms with E-state index in [4.69, 9.17) is 0 Å². The Morgan fingerprint density at radius 2 is 1.37 bits per heavy atom. The molecule has 0 bridgehead atoms. The molecule has 7 heteroatoms. The van der Waals surface area contributed by atoms with Crippen molar-refractivity contribution in [2.24, 2.45) is 9.98 Å². The fourth-order valence-electron chi connectivity index (χ4n) is 2.53. The second-order valence-electron chi connectivity index (χ2n) is 5.70. The van der Waals surface area contributed by atoms with Gasteiger partial charge in [0.05, 0.1) is 17.4 Å². The lowest BCUT2D eigenvalue weighted by atomic mass is 10.2. The van der Waals surface area contributed by atoms with Crippen LogP contribution in [0, 0.1) is 0 Å². The van der Waals surface area contributed by atoms with Crippen LogP contribution in [0.1, 0.15) is 11.1 Å². The summed E-state index contributed by atoms with van der Waals surface area (Å²) in [4.78, 5) is 8.99. The lowest BCUT2D eigenvalue weighted by Crippen LogP contribution is -1.84. The first-order chi connectivity index (χ1) is 13.2. The Kier molecular flexibility index (Phi) is 4.59. The molecule has 2 N–H and O–H groups in total. The van der Waals surface area contributed by atoms with E-state index in [1.807, 2.05) is 18.2 Å². The molecule has 0 amide bonds. The number of fused-ring (bicyclic) bond motifs is 1. The zero-order valence-corrected chi connectivity index (χ0v) is 14.8. The Balaban J connectivity index is 1.78. The molecule has 1 heterocycles. The summed E-state index contributed by atoms with van der Waals surface area (Å²) in [6, 6.07) is 17.5. The van der Waals surface area contributed by atoms with Crippen molar-refractivity contribution in [2.75, 3.05) is 0 Å². The van der Waals surface area contributed by atoms with E-state index in [9.17, 15) is 10.2 Å². The van der Waals surface area contributed by atoms with Gasteiger partial charge in [0, 0.05) is 23.6 Å². The van der Waals surface area contributed by atoms with Gasteiger partial charge in [0.2, 0.25) is 0 Å². The molecule has 0 aliphatic rings. The third-order valence-electron chi connectivity index (χ3n) is 3.93. The minimum Gasteiger partial charge on any atom is -0.507 e. The van der Waals surface area contributed by atoms with E-state index in [1.165, 1.54) is 0 Å². The van der Waals surface area contributed by atoms with Gasteiger partial charge in [-0.25, -0.2) is 0 Å². The smallest absolute Gasteiger partial charge is 0.132 e. The monoisotopic (exact) mass is 374 g/mol. The van der Waals surface area contributed by atoms with E-state index in [0.717, 1.165) is 17.2 Å². The maximum atomic E-state index is 9.94. The number of aliphatic imine (C=N–C) groups is 2. The first-order valence-corrected chi connectivity index (χ1v) is 8.85. The molecule has 0 atom stereocenters. The van der Waals surface area contributed by atoms with Gasteiger partial charge in [-0.2, -0.15) is 8.75 Å². The Labute approximate surface area is 159 Å². The molecule has 0 unspecified atom stereocenters. The number of para-hydroxylation sites is 2. The second-order valence-corrected chi connectivity index (χ2v) is 6.23. The molecule has 3 aromatic carbocycles. The number of benzene rings is 3. The van der Waals surface area contributed by atoms with Crippen LogP contribution in [0.2, 0.25) is 0 Å². The van der Waals surface area contributed by atoms with Crippen molar-refractivity contribution in [2.45, 2.75) is 0 Å². The van der Waals surface area contributed by atoms with Crippen molar-refractivity contribution < 1.29 is 10.2 Å². The minimum absolute atomic E-state index is 0.143. The second kappa shape index (κ2) is 7.35. The molecule has 0 aliphatic carbocycles. The predicted molar refractivity (Wildman–Crippen MR) is 108 cm³/mol. The largest absolute Gasteiger partial charge is 0.507 e. The van der Waals surface area contributed by atoms with Crippen molar-refractivity contribution in [3.63, 3.8) is 0 Å². The molecule has 0 saturated heterocycles. The predicted octanol–water partition coefficient (Wildman–Crippen LogP) is 4.60. The quantitative estimate of drug-likeness (QED) is 0.511. The van der Waals surface area contributed by atoms with E-state index in [0.29, 0.717) is 28.0 Å². The van der Waals surface area contributed by atoms with Crippen LogP contribution in [-0.2, 0) is 0 Å². The van der Waals surface area contributed by atoms with Crippen molar-refractivity contribution in [3.8, 4) is 11.5 Å². The van der Waals surface area contributed by atoms with Crippen LogP contribution in [0.25, 0.3) is 11.0 Å². The van der Waals surface area contributed by atoms with E-state index >= 15 is 0 Å². The summed E-state index contributed by atoms with van der Waals surface area (Å²) in [5.74, 6) is 0.293. The molecule has 0 spiro atoms. The number of nitrogens with zero attached hydrogens (tertiary/aromatic N) is 4. The van der Waals surface area contributed by atoms with Gasteiger partial charge in [0.25, 0.3) is 0 Å². The number of aromatic hydroxyl groups is 2. The van der Waals surface area contributed by atoms with Crippen molar-refractivity contribution in [1.29, 1.82) is 0 Å². The summed E-state index contributed by atoms with van der Waals surface area (Å²) in [7, 11) is 0. The summed E-state index contributed by atoms with van der Waals surface area (Å²) >= 11 is 1.10. The van der Waals surface area contributed by atoms with Gasteiger partial charge in [-0.05, 0) is 36.4 Å². The minimum atomic E-state index is 0.143. The standard InChI is InChI=1S/C20H14N4O2S/c25-17-7-3-1-5-13(17)11-21-15-9-10-16-20(24-27-23-16)19(15)22-12-14-6-2-4-8-18(14)26/h1-12,25-26H. The average Bonchev–Trinajstić information content (AvgIpc) is 3.16. The fraction of sp³-hybridized carbons (Fsp3) is 0. The highest BCUT2D eigenvalue weighted by Gasteiger charge is 2.10. The van der Waals surface area contributed by atoms with Crippen LogP contribution in [0.3, 0.4) is 0 Å². The summed E-state index contributed by atoms with van der Waals surface area (Å²) in [5, 5.41) is 19.8. The van der Waals surface area contributed by atoms with E-state index in [-0.39, 0.29) is 11.5 Å². The van der Waals surface area contributed by atoms with Crippen molar-refractivity contribution >= 4 is 46.6 Å². The molecule has 1 aromatic heterocycles. The first-order valence-electron chi connectivity index (χ1n) is 8.12. The molecule has 0 saturated carbocycles. The molecule has 4 aromatic rings. The molecule has 132 valence electrons. The van der Waals surface area contributed by atoms with Crippen LogP contribution in [0.15, 0.2) is 70.6 Å². The van der Waals surface area contributed by atoms with E-state index in [1.54, 1.807) is 54.9 Å². The summed E-state index contributed by atoms with van der Waals surface area (Å²) < 4.78 is 8.56. The highest BCUT2D eigenvalue weighted by atomic mass is 32.1. The molecular formula is C20H14N4O2S. The highest BCUT2D eigenvalue weighted by molar-refractivity contribution is 7.00. The number of hydrogen-bond donors (Lipinski definition) is 2. The lowest BCUT2D eigenvalue weighted by molar-refractivity contribution is 0.474. The average molecular weight is 374 g/mol. The third kappa shape index (κ3) is 3.54. The number of aromatic nitrogens is 2. The fourth-order valence-corrected chi connectivity index (χ4v) is 3.06. The number of hydrogen-bond acceptors (Lipinski definition) is 7. The van der Waals surface area contributed by atoms with E-state index in [2.05, 4.69) is 18.7 Å². The number of rotatable bonds is 4. The Morgan fingerprint density at radius 3 is 2.04 bits per heavy atom. The normalized spacial score (nSPS) is 11.7. The molecule has 0 aliphatic heterocycles. The van der Waals surface area contributed by atoms with E-state index < -0.39 is 0 Å². The summed E-state index contributed by atoms with van der Waals surface area (Å²) in [5.41, 5.74) is 3.70. The molecule has 6 nitrogen and oxygen atoms in total. The Hall–Kier alpha value is -3.58. The number of phenols is 2. The highest BCUT2D eigenvalue weighted by Crippen LogP contribution is 2.35. The van der Waals surface area contributed by atoms with Crippen molar-refractivity contribution in [3.05, 3.63) is 71.8 Å². The van der Waals surface area contributed by atoms with Gasteiger partial charge in [-0.15, -0.1) is 0 Å². The van der Waals surface area contributed by atoms with Gasteiger partial charge in [-0.3, -0.25) is 9.98 Å². The van der Waals surface area contributed by atoms with Gasteiger partial charge in [0.1, 0.15) is 28.2 Å². The topological polar surface area (TPSA) is 91.0 Å². The SMILES string of the molecule is Oc1ccccc1C=Nc1ccc2nsnc2c1N=Cc1ccccc1O. The van der Waals surface area contributed by atoms with Gasteiger partial charge < -0.3 is 10.2 Å². The maximum absolute atomic E-state index is 9.94. The lowest BCUT2D eigenvalue weighted by Gasteiger charge is -2.03. The third-order valence-corrected chi connectivity index (χ3v) is 4.47.